The molecule has 0 amide bonds. The van der Waals surface area contributed by atoms with Crippen molar-refractivity contribution < 1.29 is 4.74 Å². The molecule has 0 bridgehead atoms. The van der Waals surface area contributed by atoms with Crippen LogP contribution in [-0.2, 0) is 5.75 Å². The second-order valence-corrected chi connectivity index (χ2v) is 4.78. The van der Waals surface area contributed by atoms with E-state index in [-0.39, 0.29) is 5.96 Å². The highest BCUT2D eigenvalue weighted by Crippen LogP contribution is 2.20. The molecule has 0 aliphatic heterocycles. The lowest BCUT2D eigenvalue weighted by Crippen LogP contribution is -2.37. The summed E-state index contributed by atoms with van der Waals surface area (Å²) in [6.07, 6.45) is 1.77. The Morgan fingerprint density at radius 1 is 1.61 bits per heavy atom. The number of rotatable bonds is 7. The fraction of sp³-hybridized carbons (Fsp3) is 0.500. The number of hydrogen-bond donors (Lipinski definition) is 2. The van der Waals surface area contributed by atoms with Gasteiger partial charge in [-0.15, -0.1) is 0 Å². The average molecular weight is 268 g/mol. The first-order valence-corrected chi connectivity index (χ1v) is 6.99. The number of nitrogens with zero attached hydrogens (tertiary/aromatic N) is 2. The van der Waals surface area contributed by atoms with Gasteiger partial charge >= 0.3 is 0 Å². The molecular formula is C12H20N4OS. The summed E-state index contributed by atoms with van der Waals surface area (Å²) in [4.78, 5) is 6.13. The summed E-state index contributed by atoms with van der Waals surface area (Å²) >= 11 is 1.76. The zero-order valence-electron chi connectivity index (χ0n) is 10.8. The number of nitrogens with two attached hydrogens (primary N) is 1. The minimum Gasteiger partial charge on any atom is -0.495 e. The Morgan fingerprint density at radius 2 is 2.39 bits per heavy atom. The molecule has 0 aliphatic rings. The summed E-state index contributed by atoms with van der Waals surface area (Å²) < 4.78 is 5.24. The van der Waals surface area contributed by atoms with Crippen molar-refractivity contribution >= 4 is 17.7 Å². The van der Waals surface area contributed by atoms with Gasteiger partial charge in [0, 0.05) is 30.8 Å². The van der Waals surface area contributed by atoms with Crippen molar-refractivity contribution in [3.8, 4) is 5.75 Å². The quantitative estimate of drug-likeness (QED) is 0.446. The maximum Gasteiger partial charge on any atom is 0.188 e. The van der Waals surface area contributed by atoms with E-state index in [0.717, 1.165) is 36.0 Å². The number of guanidine groups is 1. The monoisotopic (exact) mass is 268 g/mol. The highest BCUT2D eigenvalue weighted by atomic mass is 32.2. The topological polar surface area (TPSA) is 75.2 Å². The standard InChI is InChI=1S/C12H20N4OS/c1-3-16(12(13)14)7-8-18-9-10-11(17-2)5-4-6-15-10/h4-6H,3,7-9H2,1-2H3,(H3,13,14). The van der Waals surface area contributed by atoms with E-state index in [2.05, 4.69) is 4.98 Å². The van der Waals surface area contributed by atoms with Crippen molar-refractivity contribution in [2.45, 2.75) is 12.7 Å². The largest absolute Gasteiger partial charge is 0.495 e. The summed E-state index contributed by atoms with van der Waals surface area (Å²) in [5.41, 5.74) is 6.41. The first kappa shape index (κ1) is 14.6. The number of thioether (sulfide) groups is 1. The van der Waals surface area contributed by atoms with E-state index in [1.54, 1.807) is 25.1 Å². The number of hydrogen-bond acceptors (Lipinski definition) is 4. The van der Waals surface area contributed by atoms with Crippen molar-refractivity contribution in [1.82, 2.24) is 9.88 Å². The highest BCUT2D eigenvalue weighted by molar-refractivity contribution is 7.98. The molecule has 1 aromatic heterocycles. The van der Waals surface area contributed by atoms with Gasteiger partial charge in [0.2, 0.25) is 0 Å². The molecule has 0 unspecified atom stereocenters. The van der Waals surface area contributed by atoms with Crippen LogP contribution in [0.1, 0.15) is 12.6 Å². The lowest BCUT2D eigenvalue weighted by molar-refractivity contribution is 0.409. The van der Waals surface area contributed by atoms with Gasteiger partial charge in [0.15, 0.2) is 5.96 Å². The lowest BCUT2D eigenvalue weighted by Gasteiger charge is -2.20. The molecule has 0 saturated carbocycles. The maximum absolute atomic E-state index is 7.38. The number of pyridine rings is 1. The molecule has 100 valence electrons. The number of methoxy groups -OCH3 is 1. The molecule has 6 heteroatoms. The number of aromatic nitrogens is 1. The van der Waals surface area contributed by atoms with Crippen LogP contribution >= 0.6 is 11.8 Å². The predicted octanol–water partition coefficient (Wildman–Crippen LogP) is 1.54. The molecule has 1 heterocycles. The van der Waals surface area contributed by atoms with Crippen molar-refractivity contribution in [1.29, 1.82) is 5.41 Å². The van der Waals surface area contributed by atoms with Gasteiger partial charge in [-0.3, -0.25) is 10.4 Å². The Balaban J connectivity index is 2.35. The van der Waals surface area contributed by atoms with E-state index in [9.17, 15) is 0 Å². The molecule has 0 fully saturated rings. The molecule has 0 aromatic carbocycles. The predicted molar refractivity (Wildman–Crippen MR) is 76.1 cm³/mol. The van der Waals surface area contributed by atoms with Crippen molar-refractivity contribution in [3.63, 3.8) is 0 Å². The summed E-state index contributed by atoms with van der Waals surface area (Å²) in [6.45, 7) is 3.54. The first-order chi connectivity index (χ1) is 8.69. The third kappa shape index (κ3) is 4.44. The van der Waals surface area contributed by atoms with Crippen LogP contribution in [0, 0.1) is 5.41 Å². The Kier molecular flexibility index (Phi) is 6.35. The van der Waals surface area contributed by atoms with Crippen molar-refractivity contribution in [2.24, 2.45) is 5.73 Å². The third-order valence-corrected chi connectivity index (χ3v) is 3.48. The van der Waals surface area contributed by atoms with Gasteiger partial charge < -0.3 is 15.4 Å². The van der Waals surface area contributed by atoms with Crippen LogP contribution in [0.3, 0.4) is 0 Å². The number of nitrogens with one attached hydrogen (secondary N) is 1. The molecule has 0 aliphatic carbocycles. The second kappa shape index (κ2) is 7.81. The smallest absolute Gasteiger partial charge is 0.188 e. The van der Waals surface area contributed by atoms with E-state index < -0.39 is 0 Å². The van der Waals surface area contributed by atoms with Crippen molar-refractivity contribution in [2.75, 3.05) is 26.0 Å². The van der Waals surface area contributed by atoms with Gasteiger partial charge in [0.1, 0.15) is 5.75 Å². The van der Waals surface area contributed by atoms with E-state index in [0.29, 0.717) is 0 Å². The van der Waals surface area contributed by atoms with E-state index >= 15 is 0 Å². The van der Waals surface area contributed by atoms with Crippen LogP contribution in [0.2, 0.25) is 0 Å². The van der Waals surface area contributed by atoms with Crippen LogP contribution in [0.5, 0.6) is 5.75 Å². The Labute approximate surface area is 112 Å². The van der Waals surface area contributed by atoms with Gasteiger partial charge in [-0.25, -0.2) is 0 Å². The summed E-state index contributed by atoms with van der Waals surface area (Å²) in [7, 11) is 1.65. The van der Waals surface area contributed by atoms with Crippen LogP contribution in [0.25, 0.3) is 0 Å². The van der Waals surface area contributed by atoms with Gasteiger partial charge in [-0.1, -0.05) is 0 Å². The molecule has 5 nitrogen and oxygen atoms in total. The first-order valence-electron chi connectivity index (χ1n) is 5.83. The minimum atomic E-state index is 0.133. The van der Waals surface area contributed by atoms with Gasteiger partial charge in [-0.05, 0) is 19.1 Å². The third-order valence-electron chi connectivity index (χ3n) is 2.54. The molecule has 1 rings (SSSR count). The maximum atomic E-state index is 7.38. The Bertz CT molecular complexity index is 386. The Morgan fingerprint density at radius 3 is 3.00 bits per heavy atom. The van der Waals surface area contributed by atoms with Crippen molar-refractivity contribution in [3.05, 3.63) is 24.0 Å². The van der Waals surface area contributed by atoms with Gasteiger partial charge in [0.05, 0.1) is 12.8 Å². The molecular weight excluding hydrogens is 248 g/mol. The average Bonchev–Trinajstić information content (AvgIpc) is 2.38. The van der Waals surface area contributed by atoms with Crippen LogP contribution in [-0.4, -0.2) is 41.8 Å². The summed E-state index contributed by atoms with van der Waals surface area (Å²) in [5.74, 6) is 2.67. The number of ether oxygens (including phenoxy) is 1. The zero-order chi connectivity index (χ0) is 13.4. The minimum absolute atomic E-state index is 0.133. The molecule has 1 aromatic rings. The van der Waals surface area contributed by atoms with Crippen LogP contribution in [0.15, 0.2) is 18.3 Å². The summed E-state index contributed by atoms with van der Waals surface area (Å²) in [5, 5.41) is 7.38. The highest BCUT2D eigenvalue weighted by Gasteiger charge is 2.05. The molecule has 0 spiro atoms. The zero-order valence-corrected chi connectivity index (χ0v) is 11.7. The summed E-state index contributed by atoms with van der Waals surface area (Å²) in [6, 6.07) is 3.78. The SMILES string of the molecule is CCN(CCSCc1ncccc1OC)C(=N)N. The van der Waals surface area contributed by atoms with Gasteiger partial charge in [0.25, 0.3) is 0 Å². The molecule has 3 N–H and O–H groups in total. The van der Waals surface area contributed by atoms with Crippen LogP contribution < -0.4 is 10.5 Å². The fourth-order valence-electron chi connectivity index (χ4n) is 1.51. The Hall–Kier alpha value is -1.43. The molecule has 0 radical (unpaired) electrons. The van der Waals surface area contributed by atoms with Crippen LogP contribution in [0.4, 0.5) is 0 Å². The van der Waals surface area contributed by atoms with E-state index in [1.807, 2.05) is 24.0 Å². The normalized spacial score (nSPS) is 10.1. The van der Waals surface area contributed by atoms with Gasteiger partial charge in [-0.2, -0.15) is 11.8 Å². The molecule has 0 atom stereocenters. The van der Waals surface area contributed by atoms with E-state index in [4.69, 9.17) is 15.9 Å². The molecule has 0 saturated heterocycles. The molecule has 18 heavy (non-hydrogen) atoms. The fourth-order valence-corrected chi connectivity index (χ4v) is 2.41. The second-order valence-electron chi connectivity index (χ2n) is 3.67. The lowest BCUT2D eigenvalue weighted by atomic mass is 10.3. The van der Waals surface area contributed by atoms with E-state index in [1.165, 1.54) is 0 Å².